The van der Waals surface area contributed by atoms with E-state index >= 15 is 0 Å². The molecule has 0 amide bonds. The summed E-state index contributed by atoms with van der Waals surface area (Å²) in [7, 11) is -7.20. The van der Waals surface area contributed by atoms with Gasteiger partial charge in [0.1, 0.15) is 9.84 Å². The number of hydrogen-bond acceptors (Lipinski definition) is 5. The number of aliphatic hydroxyl groups is 1. The van der Waals surface area contributed by atoms with Gasteiger partial charge in [0.05, 0.1) is 22.9 Å². The lowest BCUT2D eigenvalue weighted by Gasteiger charge is -2.32. The molecular weight excluding hydrogens is 469 g/mol. The van der Waals surface area contributed by atoms with Crippen molar-refractivity contribution in [1.82, 2.24) is 0 Å². The third-order valence-electron chi connectivity index (χ3n) is 4.74. The highest BCUT2D eigenvalue weighted by Gasteiger charge is 2.31. The molecule has 0 aliphatic rings. The lowest BCUT2D eigenvalue weighted by molar-refractivity contribution is 0.282. The Kier molecular flexibility index (Phi) is 8.59. The van der Waals surface area contributed by atoms with Gasteiger partial charge in [0.15, 0.2) is 0 Å². The molecule has 0 bridgehead atoms. The molecule has 2 aromatic carbocycles. The topological polar surface area (TPSA) is 91.8 Å². The van der Waals surface area contributed by atoms with Crippen LogP contribution in [0.1, 0.15) is 32.3 Å². The van der Waals surface area contributed by atoms with Crippen LogP contribution in [0.5, 0.6) is 0 Å². The summed E-state index contributed by atoms with van der Waals surface area (Å²) < 4.78 is 51.9. The second kappa shape index (κ2) is 10.3. The highest BCUT2D eigenvalue weighted by molar-refractivity contribution is 7.93. The van der Waals surface area contributed by atoms with Crippen LogP contribution in [0.25, 0.3) is 0 Å². The normalized spacial score (nSPS) is 13.2. The first-order valence-corrected chi connectivity index (χ1v) is 13.4. The van der Waals surface area contributed by atoms with Crippen LogP contribution >= 0.6 is 23.2 Å². The van der Waals surface area contributed by atoms with Crippen molar-refractivity contribution in [1.29, 1.82) is 0 Å². The zero-order valence-corrected chi connectivity index (χ0v) is 19.9. The van der Waals surface area contributed by atoms with E-state index in [1.165, 1.54) is 34.6 Å². The van der Waals surface area contributed by atoms with Gasteiger partial charge in [0.25, 0.3) is 10.0 Å². The van der Waals surface area contributed by atoms with E-state index in [0.717, 1.165) is 0 Å². The van der Waals surface area contributed by atoms with E-state index < -0.39 is 25.9 Å². The highest BCUT2D eigenvalue weighted by Crippen LogP contribution is 2.33. The number of rotatable bonds is 10. The van der Waals surface area contributed by atoms with Gasteiger partial charge in [-0.25, -0.2) is 16.8 Å². The predicted molar refractivity (Wildman–Crippen MR) is 122 cm³/mol. The van der Waals surface area contributed by atoms with E-state index in [4.69, 9.17) is 23.2 Å². The molecule has 0 spiro atoms. The molecule has 1 atom stereocenters. The Morgan fingerprint density at radius 2 is 1.60 bits per heavy atom. The number of sulfone groups is 1. The van der Waals surface area contributed by atoms with Crippen molar-refractivity contribution in [3.05, 3.63) is 58.1 Å². The van der Waals surface area contributed by atoms with Gasteiger partial charge < -0.3 is 5.11 Å². The van der Waals surface area contributed by atoms with Crippen LogP contribution in [0.3, 0.4) is 0 Å². The van der Waals surface area contributed by atoms with Crippen LogP contribution < -0.4 is 4.31 Å². The van der Waals surface area contributed by atoms with Crippen molar-refractivity contribution in [3.8, 4) is 0 Å². The molecule has 0 unspecified atom stereocenters. The average molecular weight is 494 g/mol. The smallest absolute Gasteiger partial charge is 0.264 e. The van der Waals surface area contributed by atoms with Crippen molar-refractivity contribution in [2.45, 2.75) is 44.2 Å². The van der Waals surface area contributed by atoms with Gasteiger partial charge in [0, 0.05) is 27.4 Å². The van der Waals surface area contributed by atoms with E-state index in [2.05, 4.69) is 0 Å². The largest absolute Gasteiger partial charge is 0.392 e. The molecule has 6 nitrogen and oxygen atoms in total. The first-order chi connectivity index (χ1) is 14.0. The van der Waals surface area contributed by atoms with E-state index in [-0.39, 0.29) is 28.7 Å². The highest BCUT2D eigenvalue weighted by atomic mass is 35.5. The molecule has 0 fully saturated rings. The van der Waals surface area contributed by atoms with Crippen molar-refractivity contribution in [2.24, 2.45) is 0 Å². The summed E-state index contributed by atoms with van der Waals surface area (Å²) in [5.41, 5.74) is 0.649. The lowest BCUT2D eigenvalue weighted by Crippen LogP contribution is -2.39. The summed E-state index contributed by atoms with van der Waals surface area (Å²) in [5.74, 6) is 0.0161. The molecule has 0 radical (unpaired) electrons. The summed E-state index contributed by atoms with van der Waals surface area (Å²) in [6.45, 7) is 2.90. The molecule has 10 heteroatoms. The van der Waals surface area contributed by atoms with Crippen molar-refractivity contribution in [2.75, 3.05) is 15.8 Å². The van der Waals surface area contributed by atoms with Gasteiger partial charge in [0.2, 0.25) is 0 Å². The molecule has 0 saturated carbocycles. The average Bonchev–Trinajstić information content (AvgIpc) is 2.68. The first-order valence-electron chi connectivity index (χ1n) is 9.41. The maximum absolute atomic E-state index is 13.5. The summed E-state index contributed by atoms with van der Waals surface area (Å²) in [6, 6.07) is 9.82. The number of sulfonamides is 1. The fraction of sp³-hybridized carbons (Fsp3) is 0.400. The number of halogens is 2. The minimum absolute atomic E-state index is 0.0227. The molecule has 2 aromatic rings. The molecule has 1 N–H and O–H groups in total. The minimum atomic E-state index is -4.04. The van der Waals surface area contributed by atoms with Crippen molar-refractivity contribution in [3.63, 3.8) is 0 Å². The van der Waals surface area contributed by atoms with Crippen LogP contribution in [0.15, 0.2) is 47.4 Å². The molecule has 0 aliphatic carbocycles. The third-order valence-corrected chi connectivity index (χ3v) is 8.96. The van der Waals surface area contributed by atoms with Crippen LogP contribution in [0, 0.1) is 0 Å². The number of benzene rings is 2. The van der Waals surface area contributed by atoms with Crippen LogP contribution in [0.2, 0.25) is 10.0 Å². The Morgan fingerprint density at radius 3 is 2.17 bits per heavy atom. The van der Waals surface area contributed by atoms with Gasteiger partial charge in [-0.1, -0.05) is 36.2 Å². The quantitative estimate of drug-likeness (QED) is 0.532. The third kappa shape index (κ3) is 6.11. The fourth-order valence-corrected chi connectivity index (χ4v) is 5.96. The Labute approximate surface area is 188 Å². The molecule has 2 rings (SSSR count). The Hall–Kier alpha value is -1.32. The first kappa shape index (κ1) is 24.9. The van der Waals surface area contributed by atoms with E-state index in [1.54, 1.807) is 26.0 Å². The summed E-state index contributed by atoms with van der Waals surface area (Å²) in [5, 5.41) is 10.5. The zero-order chi connectivity index (χ0) is 22.5. The zero-order valence-electron chi connectivity index (χ0n) is 16.8. The van der Waals surface area contributed by atoms with Gasteiger partial charge >= 0.3 is 0 Å². The van der Waals surface area contributed by atoms with Gasteiger partial charge in [-0.15, -0.1) is 0 Å². The lowest BCUT2D eigenvalue weighted by atomic mass is 10.1. The van der Waals surface area contributed by atoms with Gasteiger partial charge in [-0.05, 0) is 56.2 Å². The minimum Gasteiger partial charge on any atom is -0.392 e. The maximum atomic E-state index is 13.5. The van der Waals surface area contributed by atoms with Crippen LogP contribution in [0.4, 0.5) is 5.69 Å². The summed E-state index contributed by atoms with van der Waals surface area (Å²) >= 11 is 12.0. The number of nitrogens with zero attached hydrogens (tertiary/aromatic N) is 1. The Bertz CT molecular complexity index is 1070. The van der Waals surface area contributed by atoms with Gasteiger partial charge in [-0.2, -0.15) is 0 Å². The fourth-order valence-electron chi connectivity index (χ4n) is 3.06. The molecular formula is C20H25Cl2NO5S2. The number of anilines is 1. The SMILES string of the molecule is CCS(=O)(=O)CCC[C@@H](C)N(c1cc(Cl)ccc1CO)S(=O)(=O)c1ccc(Cl)cc1. The Balaban J connectivity index is 2.50. The molecule has 0 saturated heterocycles. The molecule has 0 aromatic heterocycles. The second-order valence-corrected chi connectivity index (χ2v) is 12.1. The molecule has 0 aliphatic heterocycles. The Morgan fingerprint density at radius 1 is 1.00 bits per heavy atom. The monoisotopic (exact) mass is 493 g/mol. The standard InChI is InChI=1S/C20H25Cl2NO5S2/c1-3-29(25,26)12-4-5-15(2)23(20-13-18(22)7-6-16(20)14-24)30(27,28)19-10-8-17(21)9-11-19/h6-11,13,15,24H,3-5,12,14H2,1-2H3/t15-/m1/s1. The van der Waals surface area contributed by atoms with E-state index in [9.17, 15) is 21.9 Å². The predicted octanol–water partition coefficient (Wildman–Crippen LogP) is 4.28. The number of hydrogen-bond donors (Lipinski definition) is 1. The molecule has 30 heavy (non-hydrogen) atoms. The van der Waals surface area contributed by atoms with Crippen LogP contribution in [-0.4, -0.2) is 39.5 Å². The molecule has 0 heterocycles. The number of aliphatic hydroxyl groups excluding tert-OH is 1. The van der Waals surface area contributed by atoms with E-state index in [0.29, 0.717) is 28.5 Å². The summed E-state index contributed by atoms with van der Waals surface area (Å²) in [4.78, 5) is 0.0313. The molecule has 166 valence electrons. The summed E-state index contributed by atoms with van der Waals surface area (Å²) in [6.07, 6.45) is 0.614. The maximum Gasteiger partial charge on any atom is 0.264 e. The van der Waals surface area contributed by atoms with Crippen LogP contribution in [-0.2, 0) is 26.5 Å². The van der Waals surface area contributed by atoms with Gasteiger partial charge in [-0.3, -0.25) is 4.31 Å². The van der Waals surface area contributed by atoms with E-state index in [1.807, 2.05) is 0 Å². The second-order valence-electron chi connectivity index (χ2n) is 6.91. The van der Waals surface area contributed by atoms with Crippen molar-refractivity contribution < 1.29 is 21.9 Å². The van der Waals surface area contributed by atoms with Crippen molar-refractivity contribution >= 4 is 48.7 Å².